The first-order chi connectivity index (χ1) is 19.4. The molecule has 10 nitrogen and oxygen atoms in total. The highest BCUT2D eigenvalue weighted by Gasteiger charge is 2.28. The van der Waals surface area contributed by atoms with Gasteiger partial charge in [0.2, 0.25) is 0 Å². The van der Waals surface area contributed by atoms with Crippen molar-refractivity contribution in [1.29, 1.82) is 0 Å². The predicted octanol–water partition coefficient (Wildman–Crippen LogP) is 6.16. The first kappa shape index (κ1) is 40.4. The van der Waals surface area contributed by atoms with Crippen LogP contribution in [0.2, 0.25) is 0 Å². The molecule has 0 aliphatic carbocycles. The van der Waals surface area contributed by atoms with E-state index in [1.807, 2.05) is 52.8 Å². The van der Waals surface area contributed by atoms with E-state index in [1.165, 1.54) is 0 Å². The minimum absolute atomic E-state index is 0.0126. The number of carboxylic acid groups (broad SMARTS) is 1. The Labute approximate surface area is 250 Å². The number of hydrogen-bond acceptors (Lipinski definition) is 9. The number of hydrogen-bond donors (Lipinski definition) is 1. The number of para-hydroxylation sites is 1. The molecule has 10 heteroatoms. The van der Waals surface area contributed by atoms with Crippen LogP contribution in [0.25, 0.3) is 0 Å². The van der Waals surface area contributed by atoms with Crippen molar-refractivity contribution in [1.82, 2.24) is 0 Å². The van der Waals surface area contributed by atoms with E-state index in [0.29, 0.717) is 18.6 Å². The molecule has 0 fully saturated rings. The molecule has 0 heterocycles. The third-order valence-corrected chi connectivity index (χ3v) is 6.49. The van der Waals surface area contributed by atoms with Crippen molar-refractivity contribution >= 4 is 29.8 Å². The summed E-state index contributed by atoms with van der Waals surface area (Å²) in [6.45, 7) is 18.3. The quantitative estimate of drug-likeness (QED) is 0.0927. The van der Waals surface area contributed by atoms with Gasteiger partial charge in [0, 0.05) is 12.2 Å². The zero-order chi connectivity index (χ0) is 33.0. The van der Waals surface area contributed by atoms with Crippen LogP contribution < -0.4 is 4.74 Å². The summed E-state index contributed by atoms with van der Waals surface area (Å²) in [4.78, 5) is 55.6. The van der Waals surface area contributed by atoms with Crippen molar-refractivity contribution < 1.29 is 48.0 Å². The number of carbonyl (C=O) groups is 5. The average Bonchev–Trinajstić information content (AvgIpc) is 2.95. The molecule has 238 valence electrons. The van der Waals surface area contributed by atoms with E-state index in [4.69, 9.17) is 19.3 Å². The molecule has 0 amide bonds. The number of esters is 4. The molecule has 1 aromatic rings. The molecule has 1 N–H and O–H groups in total. The van der Waals surface area contributed by atoms with E-state index in [9.17, 15) is 24.0 Å². The van der Waals surface area contributed by atoms with Crippen LogP contribution in [-0.4, -0.2) is 54.8 Å². The van der Waals surface area contributed by atoms with Gasteiger partial charge in [-0.3, -0.25) is 14.4 Å². The summed E-state index contributed by atoms with van der Waals surface area (Å²) < 4.78 is 19.6. The van der Waals surface area contributed by atoms with Crippen molar-refractivity contribution in [2.75, 3.05) is 19.8 Å². The highest BCUT2D eigenvalue weighted by Crippen LogP contribution is 2.23. The number of ether oxygens (including phenoxy) is 4. The lowest BCUT2D eigenvalue weighted by Gasteiger charge is -2.20. The van der Waals surface area contributed by atoms with Crippen LogP contribution in [0.3, 0.4) is 0 Å². The summed E-state index contributed by atoms with van der Waals surface area (Å²) >= 11 is 0. The van der Waals surface area contributed by atoms with E-state index in [0.717, 1.165) is 18.6 Å². The van der Waals surface area contributed by atoms with Crippen molar-refractivity contribution in [3.8, 4) is 5.75 Å². The lowest BCUT2D eigenvalue weighted by molar-refractivity contribution is -0.158. The second-order valence-electron chi connectivity index (χ2n) is 11.1. The predicted molar refractivity (Wildman–Crippen MR) is 160 cm³/mol. The normalized spacial score (nSPS) is 11.2. The fraction of sp³-hybridized carbons (Fsp3) is 0.594. The minimum atomic E-state index is -0.722. The molecule has 0 aliphatic rings. The molecule has 0 radical (unpaired) electrons. The molecule has 0 spiro atoms. The highest BCUT2D eigenvalue weighted by atomic mass is 16.6. The molecule has 0 saturated carbocycles. The van der Waals surface area contributed by atoms with Crippen LogP contribution in [0.1, 0.15) is 88.5 Å². The summed E-state index contributed by atoms with van der Waals surface area (Å²) in [6, 6.07) is 9.15. The molecular weight excluding hydrogens is 544 g/mol. The Hall–Kier alpha value is -3.69. The summed E-state index contributed by atoms with van der Waals surface area (Å²) in [5, 5.41) is 8.44. The molecule has 42 heavy (non-hydrogen) atoms. The second kappa shape index (κ2) is 20.2. The Bertz CT molecular complexity index is 1010. The lowest BCUT2D eigenvalue weighted by Crippen LogP contribution is -2.28. The number of benzene rings is 1. The largest absolute Gasteiger partial charge is 0.481 e. The third-order valence-electron chi connectivity index (χ3n) is 6.49. The van der Waals surface area contributed by atoms with Gasteiger partial charge >= 0.3 is 29.8 Å². The zero-order valence-corrected chi connectivity index (χ0v) is 26.9. The fourth-order valence-electron chi connectivity index (χ4n) is 2.02. The molecule has 0 atom stereocenters. The van der Waals surface area contributed by atoms with Crippen LogP contribution in [0.5, 0.6) is 5.75 Å². The Morgan fingerprint density at radius 3 is 1.48 bits per heavy atom. The van der Waals surface area contributed by atoms with E-state index in [1.54, 1.807) is 46.8 Å². The number of rotatable bonds is 13. The van der Waals surface area contributed by atoms with Crippen LogP contribution in [0.4, 0.5) is 0 Å². The first-order valence-electron chi connectivity index (χ1n) is 14.1. The number of aliphatic carboxylic acids is 1. The van der Waals surface area contributed by atoms with Gasteiger partial charge in [-0.25, -0.2) is 9.59 Å². The monoisotopic (exact) mass is 594 g/mol. The molecule has 0 saturated heterocycles. The Balaban J connectivity index is 0. The van der Waals surface area contributed by atoms with Gasteiger partial charge in [0.05, 0.1) is 22.9 Å². The molecule has 0 bridgehead atoms. The summed E-state index contributed by atoms with van der Waals surface area (Å²) in [5.74, 6) is -1.92. The highest BCUT2D eigenvalue weighted by molar-refractivity contribution is 5.91. The maximum atomic E-state index is 11.6. The van der Waals surface area contributed by atoms with Crippen molar-refractivity contribution in [2.45, 2.75) is 88.5 Å². The lowest BCUT2D eigenvalue weighted by atomic mass is 9.91. The van der Waals surface area contributed by atoms with Crippen LogP contribution >= 0.6 is 0 Å². The summed E-state index contributed by atoms with van der Waals surface area (Å²) in [7, 11) is 0. The topological polar surface area (TPSA) is 142 Å². The summed E-state index contributed by atoms with van der Waals surface area (Å²) in [5.41, 5.74) is -1.50. The van der Waals surface area contributed by atoms with Crippen LogP contribution in [-0.2, 0) is 38.2 Å². The van der Waals surface area contributed by atoms with Gasteiger partial charge in [0.25, 0.3) is 0 Å². The van der Waals surface area contributed by atoms with Gasteiger partial charge in [0.15, 0.2) is 0 Å². The molecule has 0 aromatic heterocycles. The van der Waals surface area contributed by atoms with Gasteiger partial charge in [-0.05, 0) is 79.9 Å². The first-order valence-corrected chi connectivity index (χ1v) is 14.1. The Morgan fingerprint density at radius 2 is 1.07 bits per heavy atom. The van der Waals surface area contributed by atoms with E-state index in [-0.39, 0.29) is 31.8 Å². The third kappa shape index (κ3) is 17.9. The van der Waals surface area contributed by atoms with Gasteiger partial charge < -0.3 is 24.1 Å². The van der Waals surface area contributed by atoms with Gasteiger partial charge in [-0.2, -0.15) is 0 Å². The van der Waals surface area contributed by atoms with Crippen molar-refractivity contribution in [3.63, 3.8) is 0 Å². The Kier molecular flexibility index (Phi) is 19.5. The molecule has 1 rings (SSSR count). The minimum Gasteiger partial charge on any atom is -0.481 e. The second-order valence-corrected chi connectivity index (χ2v) is 11.1. The van der Waals surface area contributed by atoms with Crippen LogP contribution in [0, 0.1) is 16.2 Å². The van der Waals surface area contributed by atoms with E-state index < -0.39 is 34.2 Å². The fourth-order valence-corrected chi connectivity index (χ4v) is 2.02. The summed E-state index contributed by atoms with van der Waals surface area (Å²) in [6.07, 6.45) is 4.07. The Morgan fingerprint density at radius 1 is 0.643 bits per heavy atom. The number of carboxylic acids is 1. The van der Waals surface area contributed by atoms with Crippen LogP contribution in [0.15, 0.2) is 42.5 Å². The van der Waals surface area contributed by atoms with Crippen molar-refractivity contribution in [3.05, 3.63) is 42.5 Å². The number of carbonyl (C=O) groups excluding carboxylic acids is 4. The van der Waals surface area contributed by atoms with Gasteiger partial charge in [-0.15, -0.1) is 0 Å². The van der Waals surface area contributed by atoms with Crippen molar-refractivity contribution in [2.24, 2.45) is 16.2 Å². The maximum Gasteiger partial charge on any atom is 0.331 e. The smallest absolute Gasteiger partial charge is 0.331 e. The zero-order valence-electron chi connectivity index (χ0n) is 26.9. The standard InChI is InChI=1S/C14H22O6.C12H16O2.C6H12O2/c1-5-14(3,4)13(17)20-10-9-19-12(16)8-7-11(15)18-6-2;1-4-12(2,3)11(13)14-10-8-6-5-7-9-10;1-4-6(2,3)5(7)8/h7-8H,5-6,9-10H2,1-4H3;5-9H,4H2,1-3H3;4H2,1-3H3,(H,7,8). The SMILES string of the molecule is CCC(C)(C)C(=O)O.CCC(C)(C)C(=O)Oc1ccccc1.CCOC(=O)C=CC(=O)OCCOC(=O)C(C)(C)CC. The molecule has 1 aromatic carbocycles. The van der Waals surface area contributed by atoms with E-state index >= 15 is 0 Å². The van der Waals surface area contributed by atoms with Gasteiger partial charge in [-0.1, -0.05) is 39.0 Å². The maximum absolute atomic E-state index is 11.6. The molecule has 0 unspecified atom stereocenters. The molecular formula is C32H50O10. The molecule has 0 aliphatic heterocycles. The van der Waals surface area contributed by atoms with E-state index in [2.05, 4.69) is 4.74 Å². The average molecular weight is 595 g/mol. The van der Waals surface area contributed by atoms with Gasteiger partial charge in [0.1, 0.15) is 19.0 Å².